The van der Waals surface area contributed by atoms with Crippen LogP contribution in [0.2, 0.25) is 0 Å². The topological polar surface area (TPSA) is 101 Å². The number of hydrogen-bond donors (Lipinski definition) is 3. The third-order valence-corrected chi connectivity index (χ3v) is 4.71. The van der Waals surface area contributed by atoms with E-state index in [1.165, 1.54) is 12.1 Å². The number of rotatable bonds is 4. The highest BCUT2D eigenvalue weighted by Crippen LogP contribution is 2.19. The first-order valence-electron chi connectivity index (χ1n) is 6.23. The van der Waals surface area contributed by atoms with E-state index in [1.807, 2.05) is 0 Å². The molecular weight excluding hydrogens is 285 g/mol. The number of nitrogens with two attached hydrogens (primary N) is 1. The molecular formula is C12H16FN3O3S. The molecule has 0 spiro atoms. The van der Waals surface area contributed by atoms with Gasteiger partial charge in [-0.2, -0.15) is 4.72 Å². The molecule has 8 heteroatoms. The summed E-state index contributed by atoms with van der Waals surface area (Å²) in [5, 5.41) is 2.58. The molecule has 110 valence electrons. The average molecular weight is 301 g/mol. The molecule has 1 heterocycles. The van der Waals surface area contributed by atoms with Crippen molar-refractivity contribution in [1.82, 2.24) is 10.0 Å². The molecule has 0 saturated carbocycles. The summed E-state index contributed by atoms with van der Waals surface area (Å²) < 4.78 is 40.4. The summed E-state index contributed by atoms with van der Waals surface area (Å²) in [4.78, 5) is 11.4. The number of hydrogen-bond acceptors (Lipinski definition) is 4. The molecule has 1 aromatic carbocycles. The molecule has 1 aliphatic heterocycles. The maximum Gasteiger partial charge on any atom is 0.241 e. The number of amides is 1. The standard InChI is InChI=1S/C12H16FN3O3S/c13-9-3-1-5-11(8(9)7-14)20(18,19)16-10-4-2-6-15-12(10)17/h1,3,5,10,16H,2,4,6-7,14H2,(H,15,17). The molecule has 0 aliphatic carbocycles. The average Bonchev–Trinajstić information content (AvgIpc) is 2.41. The van der Waals surface area contributed by atoms with E-state index in [-0.39, 0.29) is 22.9 Å². The van der Waals surface area contributed by atoms with E-state index in [1.54, 1.807) is 0 Å². The highest BCUT2D eigenvalue weighted by atomic mass is 32.2. The second-order valence-corrected chi connectivity index (χ2v) is 6.21. The van der Waals surface area contributed by atoms with Gasteiger partial charge in [-0.3, -0.25) is 4.79 Å². The number of carbonyl (C=O) groups is 1. The van der Waals surface area contributed by atoms with Crippen LogP contribution in [0, 0.1) is 5.82 Å². The van der Waals surface area contributed by atoms with Gasteiger partial charge in [-0.05, 0) is 25.0 Å². The van der Waals surface area contributed by atoms with Gasteiger partial charge in [0.2, 0.25) is 15.9 Å². The number of piperidine rings is 1. The predicted octanol–water partition coefficient (Wildman–Crippen LogP) is -0.159. The Hall–Kier alpha value is -1.51. The zero-order valence-electron chi connectivity index (χ0n) is 10.7. The highest BCUT2D eigenvalue weighted by Gasteiger charge is 2.29. The van der Waals surface area contributed by atoms with E-state index in [2.05, 4.69) is 10.0 Å². The van der Waals surface area contributed by atoms with Gasteiger partial charge in [0.15, 0.2) is 0 Å². The fraction of sp³-hybridized carbons (Fsp3) is 0.417. The Morgan fingerprint density at radius 1 is 1.45 bits per heavy atom. The van der Waals surface area contributed by atoms with Gasteiger partial charge in [0, 0.05) is 18.7 Å². The third-order valence-electron chi connectivity index (χ3n) is 3.15. The first-order valence-corrected chi connectivity index (χ1v) is 7.71. The lowest BCUT2D eigenvalue weighted by atomic mass is 10.1. The summed E-state index contributed by atoms with van der Waals surface area (Å²) in [6, 6.07) is 2.88. The van der Waals surface area contributed by atoms with Gasteiger partial charge in [0.05, 0.1) is 4.90 Å². The summed E-state index contributed by atoms with van der Waals surface area (Å²) in [6.07, 6.45) is 1.10. The molecule has 4 N–H and O–H groups in total. The van der Waals surface area contributed by atoms with Crippen LogP contribution in [0.4, 0.5) is 4.39 Å². The zero-order valence-corrected chi connectivity index (χ0v) is 11.5. The van der Waals surface area contributed by atoms with E-state index in [0.29, 0.717) is 19.4 Å². The first kappa shape index (κ1) is 14.9. The summed E-state index contributed by atoms with van der Waals surface area (Å²) >= 11 is 0. The van der Waals surface area contributed by atoms with Crippen LogP contribution in [0.5, 0.6) is 0 Å². The molecule has 1 aliphatic rings. The van der Waals surface area contributed by atoms with E-state index in [0.717, 1.165) is 6.07 Å². The van der Waals surface area contributed by atoms with E-state index in [4.69, 9.17) is 5.73 Å². The second kappa shape index (κ2) is 5.86. The van der Waals surface area contributed by atoms with Crippen molar-refractivity contribution >= 4 is 15.9 Å². The molecule has 20 heavy (non-hydrogen) atoms. The minimum atomic E-state index is -3.99. The van der Waals surface area contributed by atoms with Crippen molar-refractivity contribution in [3.8, 4) is 0 Å². The largest absolute Gasteiger partial charge is 0.355 e. The van der Waals surface area contributed by atoms with Gasteiger partial charge < -0.3 is 11.1 Å². The molecule has 0 radical (unpaired) electrons. The van der Waals surface area contributed by atoms with Crippen LogP contribution in [-0.4, -0.2) is 26.9 Å². The van der Waals surface area contributed by atoms with E-state index in [9.17, 15) is 17.6 Å². The number of sulfonamides is 1. The van der Waals surface area contributed by atoms with Crippen LogP contribution < -0.4 is 15.8 Å². The number of benzene rings is 1. The van der Waals surface area contributed by atoms with Crippen molar-refractivity contribution < 1.29 is 17.6 Å². The Bertz CT molecular complexity index is 618. The molecule has 1 fully saturated rings. The van der Waals surface area contributed by atoms with Crippen LogP contribution in [0.1, 0.15) is 18.4 Å². The van der Waals surface area contributed by atoms with Gasteiger partial charge in [0.1, 0.15) is 11.9 Å². The van der Waals surface area contributed by atoms with Gasteiger partial charge in [-0.15, -0.1) is 0 Å². The fourth-order valence-corrected chi connectivity index (χ4v) is 3.61. The summed E-state index contributed by atoms with van der Waals surface area (Å²) in [5.41, 5.74) is 5.31. The lowest BCUT2D eigenvalue weighted by Gasteiger charge is -2.23. The lowest BCUT2D eigenvalue weighted by Crippen LogP contribution is -2.50. The van der Waals surface area contributed by atoms with Crippen LogP contribution in [-0.2, 0) is 21.4 Å². The molecule has 0 bridgehead atoms. The number of carbonyl (C=O) groups excluding carboxylic acids is 1. The number of nitrogens with one attached hydrogen (secondary N) is 2. The highest BCUT2D eigenvalue weighted by molar-refractivity contribution is 7.89. The van der Waals surface area contributed by atoms with Crippen LogP contribution in [0.25, 0.3) is 0 Å². The first-order chi connectivity index (χ1) is 9.45. The van der Waals surface area contributed by atoms with Crippen LogP contribution in [0.3, 0.4) is 0 Å². The molecule has 1 amide bonds. The number of halogens is 1. The Morgan fingerprint density at radius 2 is 2.20 bits per heavy atom. The quantitative estimate of drug-likeness (QED) is 0.719. The molecule has 1 atom stereocenters. The smallest absolute Gasteiger partial charge is 0.241 e. The minimum absolute atomic E-state index is 0.0868. The molecule has 0 aromatic heterocycles. The molecule has 1 unspecified atom stereocenters. The summed E-state index contributed by atoms with van der Waals surface area (Å²) in [5.74, 6) is -1.05. The maximum absolute atomic E-state index is 13.6. The monoisotopic (exact) mass is 301 g/mol. The summed E-state index contributed by atoms with van der Waals surface area (Å²) in [6.45, 7) is 0.296. The van der Waals surface area contributed by atoms with E-state index >= 15 is 0 Å². The predicted molar refractivity (Wildman–Crippen MR) is 70.6 cm³/mol. The van der Waals surface area contributed by atoms with Crippen molar-refractivity contribution in [1.29, 1.82) is 0 Å². The molecule has 2 rings (SSSR count). The van der Waals surface area contributed by atoms with Crippen molar-refractivity contribution in [2.75, 3.05) is 6.54 Å². The lowest BCUT2D eigenvalue weighted by molar-refractivity contribution is -0.124. The zero-order chi connectivity index (χ0) is 14.8. The van der Waals surface area contributed by atoms with Gasteiger partial charge in [-0.25, -0.2) is 12.8 Å². The van der Waals surface area contributed by atoms with Crippen molar-refractivity contribution in [2.45, 2.75) is 30.3 Å². The van der Waals surface area contributed by atoms with Crippen molar-refractivity contribution in [3.05, 3.63) is 29.6 Å². The Morgan fingerprint density at radius 3 is 2.85 bits per heavy atom. The van der Waals surface area contributed by atoms with Gasteiger partial charge in [0.25, 0.3) is 0 Å². The second-order valence-electron chi connectivity index (χ2n) is 4.53. The summed E-state index contributed by atoms with van der Waals surface area (Å²) in [7, 11) is -3.99. The van der Waals surface area contributed by atoms with Crippen molar-refractivity contribution in [3.63, 3.8) is 0 Å². The normalized spacial score (nSPS) is 19.7. The Kier molecular flexibility index (Phi) is 4.36. The molecule has 1 saturated heterocycles. The maximum atomic E-state index is 13.6. The van der Waals surface area contributed by atoms with Crippen LogP contribution >= 0.6 is 0 Å². The molecule has 1 aromatic rings. The third kappa shape index (κ3) is 2.97. The van der Waals surface area contributed by atoms with Crippen molar-refractivity contribution in [2.24, 2.45) is 5.73 Å². The Labute approximate surface area is 116 Å². The fourth-order valence-electron chi connectivity index (χ4n) is 2.12. The van der Waals surface area contributed by atoms with Gasteiger partial charge >= 0.3 is 0 Å². The Balaban J connectivity index is 2.31. The minimum Gasteiger partial charge on any atom is -0.355 e. The van der Waals surface area contributed by atoms with Crippen LogP contribution in [0.15, 0.2) is 23.1 Å². The SMILES string of the molecule is NCc1c(F)cccc1S(=O)(=O)NC1CCCNC1=O. The molecule has 6 nitrogen and oxygen atoms in total. The van der Waals surface area contributed by atoms with E-state index < -0.39 is 21.9 Å². The van der Waals surface area contributed by atoms with Gasteiger partial charge in [-0.1, -0.05) is 6.07 Å².